The molecule has 1 aliphatic heterocycles. The van der Waals surface area contributed by atoms with Crippen molar-refractivity contribution in [3.8, 4) is 0 Å². The highest BCUT2D eigenvalue weighted by atomic mass is 16.5. The van der Waals surface area contributed by atoms with Crippen LogP contribution in [0.15, 0.2) is 4.79 Å². The lowest BCUT2D eigenvalue weighted by molar-refractivity contribution is -0.121. The van der Waals surface area contributed by atoms with Crippen molar-refractivity contribution >= 4 is 5.91 Å². The molecule has 1 saturated carbocycles. The minimum absolute atomic E-state index is 0.0357. The van der Waals surface area contributed by atoms with Gasteiger partial charge >= 0.3 is 5.69 Å². The Hall–Kier alpha value is -1.69. The molecule has 126 valence electrons. The predicted molar refractivity (Wildman–Crippen MR) is 86.4 cm³/mol. The van der Waals surface area contributed by atoms with E-state index in [0.717, 1.165) is 30.5 Å². The van der Waals surface area contributed by atoms with E-state index >= 15 is 0 Å². The number of rotatable bonds is 4. The van der Waals surface area contributed by atoms with Crippen LogP contribution in [0.1, 0.15) is 55.5 Å². The van der Waals surface area contributed by atoms with Gasteiger partial charge in [0.1, 0.15) is 0 Å². The molecular weight excluding hydrogens is 294 g/mol. The number of aromatic amines is 1. The maximum atomic E-state index is 12.2. The Morgan fingerprint density at radius 3 is 2.83 bits per heavy atom. The summed E-state index contributed by atoms with van der Waals surface area (Å²) in [4.78, 5) is 30.1. The molecule has 0 bridgehead atoms. The van der Waals surface area contributed by atoms with E-state index in [1.54, 1.807) is 0 Å². The largest absolute Gasteiger partial charge is 0.373 e. The molecule has 23 heavy (non-hydrogen) atoms. The molecule has 1 aromatic rings. The fourth-order valence-electron chi connectivity index (χ4n) is 3.97. The number of carbonyl (C=O) groups is 1. The van der Waals surface area contributed by atoms with Crippen LogP contribution in [0.2, 0.25) is 0 Å². The summed E-state index contributed by atoms with van der Waals surface area (Å²) in [6.45, 7) is 4.28. The van der Waals surface area contributed by atoms with Crippen molar-refractivity contribution in [1.29, 1.82) is 0 Å². The fourth-order valence-corrected chi connectivity index (χ4v) is 3.97. The lowest BCUT2D eigenvalue weighted by atomic mass is 9.96. The molecule has 1 amide bonds. The second-order valence-corrected chi connectivity index (χ2v) is 6.90. The Bertz CT molecular complexity index is 621. The third-order valence-corrected chi connectivity index (χ3v) is 5.14. The van der Waals surface area contributed by atoms with E-state index in [2.05, 4.69) is 15.3 Å². The number of H-pyrrole nitrogens is 1. The first kappa shape index (κ1) is 16.2. The van der Waals surface area contributed by atoms with Crippen LogP contribution in [0.3, 0.4) is 0 Å². The van der Waals surface area contributed by atoms with Crippen molar-refractivity contribution in [3.63, 3.8) is 0 Å². The van der Waals surface area contributed by atoms with Gasteiger partial charge in [-0.3, -0.25) is 4.79 Å². The van der Waals surface area contributed by atoms with Crippen LogP contribution in [0.5, 0.6) is 0 Å². The summed E-state index contributed by atoms with van der Waals surface area (Å²) in [6, 6.07) is 0.136. The summed E-state index contributed by atoms with van der Waals surface area (Å²) in [5.41, 5.74) is 2.15. The zero-order valence-corrected chi connectivity index (χ0v) is 13.9. The number of aryl methyl sites for hydroxylation is 2. The van der Waals surface area contributed by atoms with Gasteiger partial charge in [0.2, 0.25) is 5.91 Å². The Kier molecular flexibility index (Phi) is 4.53. The van der Waals surface area contributed by atoms with Gasteiger partial charge in [0.15, 0.2) is 0 Å². The van der Waals surface area contributed by atoms with E-state index in [1.165, 1.54) is 12.8 Å². The summed E-state index contributed by atoms with van der Waals surface area (Å²) in [5.74, 6) is 0.0404. The molecule has 3 rings (SSSR count). The third-order valence-electron chi connectivity index (χ3n) is 5.14. The molecule has 1 saturated heterocycles. The van der Waals surface area contributed by atoms with Crippen LogP contribution >= 0.6 is 0 Å². The van der Waals surface area contributed by atoms with Gasteiger partial charge in [-0.25, -0.2) is 4.79 Å². The van der Waals surface area contributed by atoms with E-state index in [0.29, 0.717) is 25.1 Å². The molecule has 0 unspecified atom stereocenters. The summed E-state index contributed by atoms with van der Waals surface area (Å²) < 4.78 is 5.96. The maximum absolute atomic E-state index is 12.2. The van der Waals surface area contributed by atoms with Crippen molar-refractivity contribution < 1.29 is 9.53 Å². The molecule has 1 aromatic heterocycles. The molecular formula is C17H25N3O3. The SMILES string of the molecule is Cc1nc(=O)[nH]c(C)c1CCC(=O)N[C@H]1COC2(CCCC2)C1. The first-order valence-corrected chi connectivity index (χ1v) is 8.47. The van der Waals surface area contributed by atoms with Crippen LogP contribution in [0, 0.1) is 13.8 Å². The molecule has 1 spiro atoms. The average Bonchev–Trinajstić information content (AvgIpc) is 3.08. The van der Waals surface area contributed by atoms with Gasteiger partial charge < -0.3 is 15.0 Å². The molecule has 1 aliphatic carbocycles. The Morgan fingerprint density at radius 1 is 1.39 bits per heavy atom. The topological polar surface area (TPSA) is 84.1 Å². The van der Waals surface area contributed by atoms with Crippen LogP contribution in [-0.2, 0) is 16.0 Å². The minimum Gasteiger partial charge on any atom is -0.373 e. The second kappa shape index (κ2) is 6.43. The van der Waals surface area contributed by atoms with Crippen molar-refractivity contribution in [1.82, 2.24) is 15.3 Å². The zero-order valence-electron chi connectivity index (χ0n) is 13.9. The molecule has 0 radical (unpaired) electrons. The molecule has 2 aliphatic rings. The number of ether oxygens (including phenoxy) is 1. The molecule has 2 fully saturated rings. The number of carbonyl (C=O) groups excluding carboxylic acids is 1. The minimum atomic E-state index is -0.335. The van der Waals surface area contributed by atoms with E-state index in [4.69, 9.17) is 4.74 Å². The molecule has 6 nitrogen and oxygen atoms in total. The highest BCUT2D eigenvalue weighted by molar-refractivity contribution is 5.76. The van der Waals surface area contributed by atoms with E-state index in [-0.39, 0.29) is 23.2 Å². The van der Waals surface area contributed by atoms with Crippen LogP contribution in [0.4, 0.5) is 0 Å². The molecule has 2 N–H and O–H groups in total. The second-order valence-electron chi connectivity index (χ2n) is 6.90. The van der Waals surface area contributed by atoms with Crippen molar-refractivity contribution in [2.24, 2.45) is 0 Å². The monoisotopic (exact) mass is 319 g/mol. The quantitative estimate of drug-likeness (QED) is 0.881. The molecule has 6 heteroatoms. The summed E-state index contributed by atoms with van der Waals surface area (Å²) in [6.07, 6.45) is 6.65. The summed E-state index contributed by atoms with van der Waals surface area (Å²) in [7, 11) is 0. The van der Waals surface area contributed by atoms with Crippen LogP contribution in [0.25, 0.3) is 0 Å². The van der Waals surface area contributed by atoms with Crippen molar-refractivity contribution in [2.75, 3.05) is 6.61 Å². The number of amides is 1. The lowest BCUT2D eigenvalue weighted by Gasteiger charge is -2.21. The smallest absolute Gasteiger partial charge is 0.345 e. The third kappa shape index (κ3) is 3.63. The standard InChI is InChI=1S/C17H25N3O3/c1-11-14(12(2)19-16(22)18-11)5-6-15(21)20-13-9-17(23-10-13)7-3-4-8-17/h13H,3-10H2,1-2H3,(H,20,21)(H,18,19,22)/t13-/m1/s1. The average molecular weight is 319 g/mol. The van der Waals surface area contributed by atoms with Gasteiger partial charge in [-0.05, 0) is 45.1 Å². The van der Waals surface area contributed by atoms with Gasteiger partial charge in [0.05, 0.1) is 18.2 Å². The molecule has 1 atom stereocenters. The fraction of sp³-hybridized carbons (Fsp3) is 0.706. The number of nitrogens with one attached hydrogen (secondary N) is 2. The van der Waals surface area contributed by atoms with Gasteiger partial charge in [0.25, 0.3) is 0 Å². The van der Waals surface area contributed by atoms with Crippen LogP contribution in [-0.4, -0.2) is 34.1 Å². The van der Waals surface area contributed by atoms with Crippen molar-refractivity contribution in [2.45, 2.75) is 70.4 Å². The van der Waals surface area contributed by atoms with E-state index < -0.39 is 0 Å². The molecule has 2 heterocycles. The van der Waals surface area contributed by atoms with Gasteiger partial charge in [-0.1, -0.05) is 12.8 Å². The highest BCUT2D eigenvalue weighted by Gasteiger charge is 2.42. The number of nitrogens with zero attached hydrogens (tertiary/aromatic N) is 1. The number of aromatic nitrogens is 2. The summed E-state index contributed by atoms with van der Waals surface area (Å²) in [5, 5.41) is 3.09. The number of hydrogen-bond acceptors (Lipinski definition) is 4. The first-order valence-electron chi connectivity index (χ1n) is 8.47. The molecule has 0 aromatic carbocycles. The number of hydrogen-bond donors (Lipinski definition) is 2. The zero-order chi connectivity index (χ0) is 16.4. The van der Waals surface area contributed by atoms with Crippen LogP contribution < -0.4 is 11.0 Å². The lowest BCUT2D eigenvalue weighted by Crippen LogP contribution is -2.36. The van der Waals surface area contributed by atoms with Crippen molar-refractivity contribution in [3.05, 3.63) is 27.4 Å². The van der Waals surface area contributed by atoms with Gasteiger partial charge in [-0.15, -0.1) is 0 Å². The van der Waals surface area contributed by atoms with E-state index in [1.807, 2.05) is 13.8 Å². The summed E-state index contributed by atoms with van der Waals surface area (Å²) >= 11 is 0. The predicted octanol–water partition coefficient (Wildman–Crippen LogP) is 1.54. The normalized spacial score (nSPS) is 22.6. The Morgan fingerprint density at radius 2 is 2.13 bits per heavy atom. The highest BCUT2D eigenvalue weighted by Crippen LogP contribution is 2.40. The first-order chi connectivity index (χ1) is 11.0. The van der Waals surface area contributed by atoms with E-state index in [9.17, 15) is 9.59 Å². The van der Waals surface area contributed by atoms with Gasteiger partial charge in [-0.2, -0.15) is 4.98 Å². The Balaban J connectivity index is 1.52. The maximum Gasteiger partial charge on any atom is 0.345 e. The van der Waals surface area contributed by atoms with Gasteiger partial charge in [0, 0.05) is 17.8 Å². The Labute approximate surface area is 136 Å².